The van der Waals surface area contributed by atoms with Gasteiger partial charge in [0.25, 0.3) is 0 Å². The van der Waals surface area contributed by atoms with Gasteiger partial charge in [0.05, 0.1) is 6.61 Å². The fraction of sp³-hybridized carbons (Fsp3) is 0.450. The van der Waals surface area contributed by atoms with Crippen molar-refractivity contribution in [3.63, 3.8) is 0 Å². The van der Waals surface area contributed by atoms with E-state index in [4.69, 9.17) is 4.74 Å². The summed E-state index contributed by atoms with van der Waals surface area (Å²) in [5, 5.41) is 11.9. The number of carbonyl (C=O) groups is 2. The number of nitriles is 1. The lowest BCUT2D eigenvalue weighted by molar-refractivity contribution is -0.139. The standard InChI is InChI=1S/C20H26N2O3/c1-4-6-7-16(5-2)14-25-20(24)18(13-21)12-17-8-10-19(11-9-17)22-15(3)23/h8-12,16H,4-7,14H2,1-3H3,(H,22,23)/b18-12-. The Morgan fingerprint density at radius 2 is 1.96 bits per heavy atom. The van der Waals surface area contributed by atoms with Crippen LogP contribution in [0.3, 0.4) is 0 Å². The third-order valence-electron chi connectivity index (χ3n) is 3.88. The van der Waals surface area contributed by atoms with Crippen LogP contribution in [-0.4, -0.2) is 18.5 Å². The van der Waals surface area contributed by atoms with Crippen LogP contribution in [0.2, 0.25) is 0 Å². The van der Waals surface area contributed by atoms with Gasteiger partial charge >= 0.3 is 5.97 Å². The molecule has 0 fully saturated rings. The molecule has 1 atom stereocenters. The molecule has 0 spiro atoms. The Kier molecular flexibility index (Phi) is 9.02. The van der Waals surface area contributed by atoms with E-state index >= 15 is 0 Å². The molecule has 0 saturated carbocycles. The van der Waals surface area contributed by atoms with Crippen LogP contribution in [-0.2, 0) is 14.3 Å². The minimum absolute atomic E-state index is 0.0300. The van der Waals surface area contributed by atoms with Crippen molar-refractivity contribution in [2.75, 3.05) is 11.9 Å². The van der Waals surface area contributed by atoms with Gasteiger partial charge in [-0.05, 0) is 36.1 Å². The van der Waals surface area contributed by atoms with Crippen LogP contribution in [0.1, 0.15) is 52.0 Å². The molecule has 1 rings (SSSR count). The first kappa shape index (κ1) is 20.4. The molecular formula is C20H26N2O3. The second-order valence-electron chi connectivity index (χ2n) is 5.99. The molecule has 1 aromatic carbocycles. The molecule has 0 aromatic heterocycles. The Morgan fingerprint density at radius 3 is 2.48 bits per heavy atom. The molecule has 0 saturated heterocycles. The predicted octanol–water partition coefficient (Wildman–Crippen LogP) is 4.31. The second kappa shape index (κ2) is 11.0. The number of unbranched alkanes of at least 4 members (excludes halogenated alkanes) is 1. The van der Waals surface area contributed by atoms with Gasteiger partial charge in [0.15, 0.2) is 0 Å². The van der Waals surface area contributed by atoms with Crippen molar-refractivity contribution in [3.05, 3.63) is 35.4 Å². The van der Waals surface area contributed by atoms with E-state index in [2.05, 4.69) is 19.2 Å². The van der Waals surface area contributed by atoms with Crippen molar-refractivity contribution in [1.82, 2.24) is 0 Å². The molecule has 0 aliphatic carbocycles. The number of amides is 1. The van der Waals surface area contributed by atoms with Gasteiger partial charge in [0.1, 0.15) is 11.6 Å². The largest absolute Gasteiger partial charge is 0.461 e. The lowest BCUT2D eigenvalue weighted by Gasteiger charge is -2.14. The summed E-state index contributed by atoms with van der Waals surface area (Å²) < 4.78 is 5.31. The normalized spacial score (nSPS) is 12.2. The molecule has 25 heavy (non-hydrogen) atoms. The van der Waals surface area contributed by atoms with E-state index in [-0.39, 0.29) is 11.5 Å². The number of carbonyl (C=O) groups excluding carboxylic acids is 2. The van der Waals surface area contributed by atoms with E-state index in [1.165, 1.54) is 13.0 Å². The molecule has 5 heteroatoms. The molecule has 0 heterocycles. The van der Waals surface area contributed by atoms with Crippen LogP contribution in [0.25, 0.3) is 6.08 Å². The van der Waals surface area contributed by atoms with Crippen molar-refractivity contribution >= 4 is 23.6 Å². The van der Waals surface area contributed by atoms with Gasteiger partial charge in [-0.1, -0.05) is 45.2 Å². The highest BCUT2D eigenvalue weighted by Crippen LogP contribution is 2.16. The molecule has 5 nitrogen and oxygen atoms in total. The number of hydrogen-bond acceptors (Lipinski definition) is 4. The number of benzene rings is 1. The quantitative estimate of drug-likeness (QED) is 0.412. The van der Waals surface area contributed by atoms with Crippen LogP contribution >= 0.6 is 0 Å². The van der Waals surface area contributed by atoms with E-state index in [0.29, 0.717) is 23.8 Å². The van der Waals surface area contributed by atoms with E-state index in [1.807, 2.05) is 6.07 Å². The van der Waals surface area contributed by atoms with Crippen LogP contribution < -0.4 is 5.32 Å². The molecular weight excluding hydrogens is 316 g/mol. The summed E-state index contributed by atoms with van der Waals surface area (Å²) in [5.74, 6) is -0.415. The lowest BCUT2D eigenvalue weighted by atomic mass is 10.0. The summed E-state index contributed by atoms with van der Waals surface area (Å²) in [4.78, 5) is 23.1. The first-order valence-electron chi connectivity index (χ1n) is 8.66. The zero-order valence-corrected chi connectivity index (χ0v) is 15.2. The first-order chi connectivity index (χ1) is 12.0. The van der Waals surface area contributed by atoms with Crippen molar-refractivity contribution in [3.8, 4) is 6.07 Å². The molecule has 1 N–H and O–H groups in total. The van der Waals surface area contributed by atoms with Crippen molar-refractivity contribution in [2.24, 2.45) is 5.92 Å². The second-order valence-corrected chi connectivity index (χ2v) is 5.99. The van der Waals surface area contributed by atoms with Gasteiger partial charge in [-0.3, -0.25) is 4.79 Å². The number of anilines is 1. The maximum absolute atomic E-state index is 12.1. The highest BCUT2D eigenvalue weighted by atomic mass is 16.5. The Balaban J connectivity index is 2.70. The first-order valence-corrected chi connectivity index (χ1v) is 8.66. The van der Waals surface area contributed by atoms with Gasteiger partial charge in [-0.25, -0.2) is 4.79 Å². The van der Waals surface area contributed by atoms with Crippen molar-refractivity contribution in [1.29, 1.82) is 5.26 Å². The highest BCUT2D eigenvalue weighted by molar-refractivity contribution is 5.98. The Bertz CT molecular complexity index is 642. The fourth-order valence-corrected chi connectivity index (χ4v) is 2.34. The van der Waals surface area contributed by atoms with Gasteiger partial charge in [-0.2, -0.15) is 5.26 Å². The maximum atomic E-state index is 12.1. The summed E-state index contributed by atoms with van der Waals surface area (Å²) in [7, 11) is 0. The average molecular weight is 342 g/mol. The Labute approximate surface area is 149 Å². The van der Waals surface area contributed by atoms with E-state index in [1.54, 1.807) is 24.3 Å². The average Bonchev–Trinajstić information content (AvgIpc) is 2.60. The minimum atomic E-state index is -0.594. The number of ether oxygens (including phenoxy) is 1. The lowest BCUT2D eigenvalue weighted by Crippen LogP contribution is -2.15. The van der Waals surface area contributed by atoms with Gasteiger partial charge in [0.2, 0.25) is 5.91 Å². The van der Waals surface area contributed by atoms with Crippen LogP contribution in [0, 0.1) is 17.2 Å². The van der Waals surface area contributed by atoms with Gasteiger partial charge in [0, 0.05) is 12.6 Å². The number of rotatable bonds is 9. The summed E-state index contributed by atoms with van der Waals surface area (Å²) in [6.07, 6.45) is 5.69. The zero-order valence-electron chi connectivity index (χ0n) is 15.2. The van der Waals surface area contributed by atoms with Crippen LogP contribution in [0.5, 0.6) is 0 Å². The van der Waals surface area contributed by atoms with Gasteiger partial charge < -0.3 is 10.1 Å². The van der Waals surface area contributed by atoms with E-state index < -0.39 is 5.97 Å². The fourth-order valence-electron chi connectivity index (χ4n) is 2.34. The maximum Gasteiger partial charge on any atom is 0.348 e. The summed E-state index contributed by atoms with van der Waals surface area (Å²) in [5.41, 5.74) is 1.32. The SMILES string of the molecule is CCCCC(CC)COC(=O)/C(C#N)=C\c1ccc(NC(C)=O)cc1. The molecule has 1 amide bonds. The van der Waals surface area contributed by atoms with Gasteiger partial charge in [-0.15, -0.1) is 0 Å². The van der Waals surface area contributed by atoms with Crippen molar-refractivity contribution in [2.45, 2.75) is 46.5 Å². The van der Waals surface area contributed by atoms with Crippen molar-refractivity contribution < 1.29 is 14.3 Å². The molecule has 0 aliphatic heterocycles. The summed E-state index contributed by atoms with van der Waals surface area (Å²) in [6.45, 7) is 5.98. The Morgan fingerprint density at radius 1 is 1.28 bits per heavy atom. The minimum Gasteiger partial charge on any atom is -0.461 e. The smallest absolute Gasteiger partial charge is 0.348 e. The number of hydrogen-bond donors (Lipinski definition) is 1. The van der Waals surface area contributed by atoms with E-state index in [9.17, 15) is 14.9 Å². The zero-order chi connectivity index (χ0) is 18.7. The third-order valence-corrected chi connectivity index (χ3v) is 3.88. The molecule has 1 unspecified atom stereocenters. The summed E-state index contributed by atoms with van der Waals surface area (Å²) >= 11 is 0. The molecule has 134 valence electrons. The Hall–Kier alpha value is -2.61. The molecule has 1 aromatic rings. The molecule has 0 aliphatic rings. The summed E-state index contributed by atoms with van der Waals surface area (Å²) in [6, 6.07) is 8.78. The number of esters is 1. The third kappa shape index (κ3) is 7.67. The molecule has 0 bridgehead atoms. The highest BCUT2D eigenvalue weighted by Gasteiger charge is 2.14. The van der Waals surface area contributed by atoms with Crippen LogP contribution in [0.4, 0.5) is 5.69 Å². The van der Waals surface area contributed by atoms with E-state index in [0.717, 1.165) is 25.7 Å². The number of nitrogens with one attached hydrogen (secondary N) is 1. The van der Waals surface area contributed by atoms with Crippen LogP contribution in [0.15, 0.2) is 29.8 Å². The molecule has 0 radical (unpaired) electrons. The predicted molar refractivity (Wildman–Crippen MR) is 98.6 cm³/mol. The topological polar surface area (TPSA) is 79.2 Å². The monoisotopic (exact) mass is 342 g/mol. The number of nitrogens with zero attached hydrogens (tertiary/aromatic N) is 1.